The predicted molar refractivity (Wildman–Crippen MR) is 99.9 cm³/mol. The molecule has 0 amide bonds. The van der Waals surface area contributed by atoms with Crippen molar-refractivity contribution in [1.82, 2.24) is 0 Å². The molecule has 0 saturated heterocycles. The van der Waals surface area contributed by atoms with Gasteiger partial charge < -0.3 is 9.47 Å². The fourth-order valence-electron chi connectivity index (χ4n) is 2.34. The maximum Gasteiger partial charge on any atom is 0.302 e. The molecule has 0 saturated carbocycles. The normalized spacial score (nSPS) is 12.6. The summed E-state index contributed by atoms with van der Waals surface area (Å²) in [6.45, 7) is 12.1. The van der Waals surface area contributed by atoms with Crippen LogP contribution in [0, 0.1) is 5.92 Å². The van der Waals surface area contributed by atoms with Crippen LogP contribution in [0.3, 0.4) is 0 Å². The summed E-state index contributed by atoms with van der Waals surface area (Å²) >= 11 is 0. The second-order valence-corrected chi connectivity index (χ2v) is 6.35. The molecule has 0 aliphatic carbocycles. The van der Waals surface area contributed by atoms with Gasteiger partial charge in [-0.1, -0.05) is 59.8 Å². The lowest BCUT2D eigenvalue weighted by molar-refractivity contribution is -0.147. The molecule has 0 radical (unpaired) electrons. The molecule has 24 heavy (non-hydrogen) atoms. The summed E-state index contributed by atoms with van der Waals surface area (Å²) in [5.41, 5.74) is 0. The molecule has 0 aliphatic rings. The minimum atomic E-state index is -0.162. The number of hydrogen-bond donors (Lipinski definition) is 0. The van der Waals surface area contributed by atoms with Crippen LogP contribution in [0.4, 0.5) is 0 Å². The Bertz CT molecular complexity index is 302. The lowest BCUT2D eigenvalue weighted by atomic mass is 10.0. The highest BCUT2D eigenvalue weighted by Gasteiger charge is 2.08. The summed E-state index contributed by atoms with van der Waals surface area (Å²) in [4.78, 5) is 21.1. The SMILES string of the molecule is CCCCC(CC)COC(C)=O.CCCCCC(CC)OC(C)=O. The van der Waals surface area contributed by atoms with E-state index in [1.165, 1.54) is 52.4 Å². The van der Waals surface area contributed by atoms with E-state index in [1.54, 1.807) is 0 Å². The van der Waals surface area contributed by atoms with Gasteiger partial charge in [-0.25, -0.2) is 0 Å². The van der Waals surface area contributed by atoms with Crippen LogP contribution in [0.5, 0.6) is 0 Å². The topological polar surface area (TPSA) is 52.6 Å². The Morgan fingerprint density at radius 1 is 0.792 bits per heavy atom. The van der Waals surface area contributed by atoms with E-state index in [2.05, 4.69) is 27.7 Å². The fraction of sp³-hybridized carbons (Fsp3) is 0.900. The van der Waals surface area contributed by atoms with E-state index in [0.29, 0.717) is 12.5 Å². The Morgan fingerprint density at radius 2 is 1.42 bits per heavy atom. The number of carbonyl (C=O) groups is 2. The molecule has 0 spiro atoms. The van der Waals surface area contributed by atoms with Crippen LogP contribution in [-0.2, 0) is 19.1 Å². The van der Waals surface area contributed by atoms with Gasteiger partial charge in [-0.05, 0) is 31.6 Å². The van der Waals surface area contributed by atoms with Crippen molar-refractivity contribution >= 4 is 11.9 Å². The Hall–Kier alpha value is -1.06. The van der Waals surface area contributed by atoms with Crippen LogP contribution >= 0.6 is 0 Å². The van der Waals surface area contributed by atoms with Gasteiger partial charge in [0.15, 0.2) is 0 Å². The van der Waals surface area contributed by atoms with Gasteiger partial charge in [0.25, 0.3) is 0 Å². The minimum absolute atomic E-state index is 0.147. The number of hydrogen-bond acceptors (Lipinski definition) is 4. The Labute approximate surface area is 149 Å². The lowest BCUT2D eigenvalue weighted by Gasteiger charge is -2.14. The van der Waals surface area contributed by atoms with Crippen LogP contribution < -0.4 is 0 Å². The van der Waals surface area contributed by atoms with Crippen molar-refractivity contribution in [2.75, 3.05) is 6.61 Å². The van der Waals surface area contributed by atoms with Crippen molar-refractivity contribution in [2.24, 2.45) is 5.92 Å². The molecule has 144 valence electrons. The molecule has 4 heteroatoms. The summed E-state index contributed by atoms with van der Waals surface area (Å²) in [6.07, 6.45) is 10.5. The quantitative estimate of drug-likeness (QED) is 0.338. The maximum absolute atomic E-state index is 10.6. The van der Waals surface area contributed by atoms with Gasteiger partial charge in [-0.2, -0.15) is 0 Å². The largest absolute Gasteiger partial charge is 0.466 e. The van der Waals surface area contributed by atoms with Crippen molar-refractivity contribution in [2.45, 2.75) is 105 Å². The monoisotopic (exact) mass is 344 g/mol. The predicted octanol–water partition coefficient (Wildman–Crippen LogP) is 5.67. The minimum Gasteiger partial charge on any atom is -0.466 e. The Morgan fingerprint density at radius 3 is 1.83 bits per heavy atom. The molecule has 0 rings (SSSR count). The van der Waals surface area contributed by atoms with Crippen molar-refractivity contribution in [1.29, 1.82) is 0 Å². The molecule has 2 unspecified atom stereocenters. The second-order valence-electron chi connectivity index (χ2n) is 6.35. The number of ether oxygens (including phenoxy) is 2. The third kappa shape index (κ3) is 19.0. The molecule has 2 atom stereocenters. The van der Waals surface area contributed by atoms with E-state index in [9.17, 15) is 9.59 Å². The summed E-state index contributed by atoms with van der Waals surface area (Å²) in [7, 11) is 0. The molecule has 0 heterocycles. The summed E-state index contributed by atoms with van der Waals surface area (Å²) in [5, 5.41) is 0. The van der Waals surface area contributed by atoms with E-state index >= 15 is 0 Å². The van der Waals surface area contributed by atoms with Gasteiger partial charge in [-0.3, -0.25) is 9.59 Å². The van der Waals surface area contributed by atoms with E-state index in [-0.39, 0.29) is 18.0 Å². The Balaban J connectivity index is 0. The first-order valence-electron chi connectivity index (χ1n) is 9.71. The van der Waals surface area contributed by atoms with Crippen LogP contribution in [0.15, 0.2) is 0 Å². The zero-order chi connectivity index (χ0) is 18.8. The summed E-state index contributed by atoms with van der Waals surface area (Å²) in [5.74, 6) is 0.247. The number of unbranched alkanes of at least 4 members (excludes halogenated alkanes) is 3. The molecule has 0 fully saturated rings. The van der Waals surface area contributed by atoms with Crippen LogP contribution in [-0.4, -0.2) is 24.6 Å². The highest BCUT2D eigenvalue weighted by Crippen LogP contribution is 2.12. The standard InChI is InChI=1S/2C10H20O2/c1-4-6-7-10(5-2)8-12-9(3)11;1-4-6-7-8-10(5-2)12-9(3)11/h2*10H,4-8H2,1-3H3. The second kappa shape index (κ2) is 18.3. The number of esters is 2. The number of carbonyl (C=O) groups excluding carboxylic acids is 2. The fourth-order valence-corrected chi connectivity index (χ4v) is 2.34. The van der Waals surface area contributed by atoms with Crippen molar-refractivity contribution in [3.05, 3.63) is 0 Å². The third-order valence-electron chi connectivity index (χ3n) is 3.98. The van der Waals surface area contributed by atoms with Gasteiger partial charge in [0.2, 0.25) is 0 Å². The van der Waals surface area contributed by atoms with Gasteiger partial charge in [0.1, 0.15) is 6.10 Å². The average molecular weight is 345 g/mol. The first kappa shape index (κ1) is 25.2. The van der Waals surface area contributed by atoms with Crippen molar-refractivity contribution in [3.63, 3.8) is 0 Å². The average Bonchev–Trinajstić information content (AvgIpc) is 2.54. The molecule has 0 N–H and O–H groups in total. The van der Waals surface area contributed by atoms with E-state index in [0.717, 1.165) is 19.3 Å². The first-order valence-corrected chi connectivity index (χ1v) is 9.71. The third-order valence-corrected chi connectivity index (χ3v) is 3.98. The molecule has 4 nitrogen and oxygen atoms in total. The molecular formula is C20H40O4. The van der Waals surface area contributed by atoms with Gasteiger partial charge >= 0.3 is 11.9 Å². The van der Waals surface area contributed by atoms with Crippen LogP contribution in [0.25, 0.3) is 0 Å². The molecule has 0 aliphatic heterocycles. The van der Waals surface area contributed by atoms with Crippen molar-refractivity contribution in [3.8, 4) is 0 Å². The van der Waals surface area contributed by atoms with Crippen LogP contribution in [0.2, 0.25) is 0 Å². The first-order chi connectivity index (χ1) is 11.4. The van der Waals surface area contributed by atoms with Gasteiger partial charge in [0.05, 0.1) is 6.61 Å². The molecular weight excluding hydrogens is 304 g/mol. The van der Waals surface area contributed by atoms with E-state index < -0.39 is 0 Å². The molecule has 0 aromatic rings. The molecule has 0 bridgehead atoms. The zero-order valence-electron chi connectivity index (χ0n) is 16.9. The highest BCUT2D eigenvalue weighted by atomic mass is 16.5. The molecule has 0 aromatic carbocycles. The number of rotatable bonds is 12. The van der Waals surface area contributed by atoms with Crippen LogP contribution in [0.1, 0.15) is 99.3 Å². The summed E-state index contributed by atoms with van der Waals surface area (Å²) in [6, 6.07) is 0. The van der Waals surface area contributed by atoms with E-state index in [4.69, 9.17) is 9.47 Å². The van der Waals surface area contributed by atoms with Gasteiger partial charge in [-0.15, -0.1) is 0 Å². The van der Waals surface area contributed by atoms with Crippen molar-refractivity contribution < 1.29 is 19.1 Å². The molecule has 0 aromatic heterocycles. The Kier molecular flexibility index (Phi) is 19.2. The highest BCUT2D eigenvalue weighted by molar-refractivity contribution is 5.66. The van der Waals surface area contributed by atoms with Gasteiger partial charge in [0, 0.05) is 13.8 Å². The van der Waals surface area contributed by atoms with E-state index in [1.807, 2.05) is 0 Å². The maximum atomic E-state index is 10.6. The smallest absolute Gasteiger partial charge is 0.302 e. The zero-order valence-corrected chi connectivity index (χ0v) is 16.9. The lowest BCUT2D eigenvalue weighted by Crippen LogP contribution is -2.14. The summed E-state index contributed by atoms with van der Waals surface area (Å²) < 4.78 is 10.1.